The maximum absolute atomic E-state index is 12.9. The molecule has 0 bridgehead atoms. The molecule has 4 aromatic heterocycles. The van der Waals surface area contributed by atoms with Crippen LogP contribution in [0.4, 0.5) is 5.13 Å². The van der Waals surface area contributed by atoms with E-state index in [0.717, 1.165) is 21.6 Å². The lowest BCUT2D eigenvalue weighted by Gasteiger charge is -2.04. The average molecular weight is 483 g/mol. The average Bonchev–Trinajstić information content (AvgIpc) is 3.53. The number of nitrogens with one attached hydrogen (secondary N) is 2. The van der Waals surface area contributed by atoms with Gasteiger partial charge in [0.1, 0.15) is 10.5 Å². The van der Waals surface area contributed by atoms with E-state index in [9.17, 15) is 9.59 Å². The van der Waals surface area contributed by atoms with E-state index >= 15 is 0 Å². The molecule has 4 heterocycles. The number of carbonyl (C=O) groups excluding carboxylic acids is 2. The highest BCUT2D eigenvalue weighted by Crippen LogP contribution is 2.33. The second kappa shape index (κ2) is 7.90. The van der Waals surface area contributed by atoms with Crippen LogP contribution in [0.5, 0.6) is 0 Å². The van der Waals surface area contributed by atoms with Crippen LogP contribution in [0.2, 0.25) is 5.02 Å². The molecule has 0 saturated carbocycles. The molecule has 8 nitrogen and oxygen atoms in total. The first-order valence-electron chi connectivity index (χ1n) is 9.40. The Morgan fingerprint density at radius 2 is 2.06 bits per heavy atom. The molecule has 0 unspecified atom stereocenters. The van der Waals surface area contributed by atoms with Crippen molar-refractivity contribution in [2.75, 3.05) is 5.32 Å². The number of thiophene rings is 1. The van der Waals surface area contributed by atoms with Gasteiger partial charge in [-0.3, -0.25) is 14.9 Å². The quantitative estimate of drug-likeness (QED) is 0.331. The molecule has 11 heteroatoms. The highest BCUT2D eigenvalue weighted by molar-refractivity contribution is 7.20. The molecule has 0 aliphatic carbocycles. The zero-order valence-electron chi connectivity index (χ0n) is 16.5. The number of thiazole rings is 1. The Bertz CT molecular complexity index is 1500. The predicted octanol–water partition coefficient (Wildman–Crippen LogP) is 4.85. The fourth-order valence-electron chi connectivity index (χ4n) is 3.25. The van der Waals surface area contributed by atoms with Crippen molar-refractivity contribution in [3.8, 4) is 16.9 Å². The van der Waals surface area contributed by atoms with Crippen molar-refractivity contribution in [2.24, 2.45) is 5.73 Å². The number of aryl methyl sites for hydroxylation is 1. The number of H-pyrrole nitrogens is 1. The summed E-state index contributed by atoms with van der Waals surface area (Å²) >= 11 is 8.98. The minimum atomic E-state index is -0.546. The third-order valence-corrected chi connectivity index (χ3v) is 7.00. The second-order valence-electron chi connectivity index (χ2n) is 6.94. The lowest BCUT2D eigenvalue weighted by atomic mass is 10.2. The molecule has 1 aromatic carbocycles. The monoisotopic (exact) mass is 482 g/mol. The number of amides is 2. The smallest absolute Gasteiger partial charge is 0.267 e. The van der Waals surface area contributed by atoms with Crippen LogP contribution >= 0.6 is 34.3 Å². The Morgan fingerprint density at radius 1 is 1.25 bits per heavy atom. The molecule has 0 radical (unpaired) electrons. The number of aromatic amines is 1. The normalized spacial score (nSPS) is 11.2. The number of halogens is 1. The Labute approximate surface area is 194 Å². The van der Waals surface area contributed by atoms with Crippen LogP contribution in [-0.4, -0.2) is 31.6 Å². The van der Waals surface area contributed by atoms with E-state index in [1.165, 1.54) is 22.7 Å². The van der Waals surface area contributed by atoms with Gasteiger partial charge in [0.2, 0.25) is 0 Å². The van der Waals surface area contributed by atoms with E-state index in [4.69, 9.17) is 17.3 Å². The summed E-state index contributed by atoms with van der Waals surface area (Å²) < 4.78 is 1.76. The van der Waals surface area contributed by atoms with E-state index < -0.39 is 5.91 Å². The Hall–Kier alpha value is -3.47. The molecule has 0 spiro atoms. The van der Waals surface area contributed by atoms with Crippen molar-refractivity contribution in [1.82, 2.24) is 19.7 Å². The van der Waals surface area contributed by atoms with Gasteiger partial charge < -0.3 is 10.7 Å². The van der Waals surface area contributed by atoms with Gasteiger partial charge in [-0.25, -0.2) is 9.67 Å². The predicted molar refractivity (Wildman–Crippen MR) is 127 cm³/mol. The van der Waals surface area contributed by atoms with Crippen LogP contribution in [0.1, 0.15) is 25.9 Å². The fourth-order valence-corrected chi connectivity index (χ4v) is 5.25. The van der Waals surface area contributed by atoms with E-state index in [-0.39, 0.29) is 5.91 Å². The zero-order valence-corrected chi connectivity index (χ0v) is 18.9. The second-order valence-corrected chi connectivity index (χ2v) is 9.23. The number of benzene rings is 1. The number of nitrogens with zero attached hydrogens (tertiary/aromatic N) is 3. The molecule has 2 amide bonds. The molecule has 4 N–H and O–H groups in total. The minimum Gasteiger partial charge on any atom is -0.364 e. The van der Waals surface area contributed by atoms with Crippen molar-refractivity contribution < 1.29 is 9.59 Å². The molecule has 5 rings (SSSR count). The van der Waals surface area contributed by atoms with Crippen LogP contribution in [0, 0.1) is 6.92 Å². The molecule has 0 fully saturated rings. The number of para-hydroxylation sites is 1. The number of primary amides is 1. The van der Waals surface area contributed by atoms with Crippen LogP contribution < -0.4 is 11.1 Å². The van der Waals surface area contributed by atoms with E-state index in [0.29, 0.717) is 32.0 Å². The van der Waals surface area contributed by atoms with Gasteiger partial charge in [-0.2, -0.15) is 5.10 Å². The van der Waals surface area contributed by atoms with Crippen molar-refractivity contribution in [1.29, 1.82) is 0 Å². The van der Waals surface area contributed by atoms with Gasteiger partial charge in [-0.15, -0.1) is 22.7 Å². The first-order valence-corrected chi connectivity index (χ1v) is 11.5. The van der Waals surface area contributed by atoms with Gasteiger partial charge in [0.05, 0.1) is 27.0 Å². The standard InChI is InChI=1S/C21H15ClN6O2S2/c1-10-12-7-17(32-20(12)28(27-10)16-5-3-2-4-13(16)22)19(30)26-21-25-15(9-31-21)11-6-14(18(23)29)24-8-11/h2-9,24H,1H3,(H2,23,29)(H,25,26,30). The van der Waals surface area contributed by atoms with Crippen LogP contribution in [0.3, 0.4) is 0 Å². The molecule has 0 saturated heterocycles. The van der Waals surface area contributed by atoms with Gasteiger partial charge in [-0.05, 0) is 31.2 Å². The van der Waals surface area contributed by atoms with Crippen molar-refractivity contribution in [3.05, 3.63) is 69.3 Å². The van der Waals surface area contributed by atoms with Crippen molar-refractivity contribution >= 4 is 61.4 Å². The minimum absolute atomic E-state index is 0.260. The lowest BCUT2D eigenvalue weighted by Crippen LogP contribution is -2.10. The highest BCUT2D eigenvalue weighted by Gasteiger charge is 2.19. The topological polar surface area (TPSA) is 119 Å². The lowest BCUT2D eigenvalue weighted by molar-refractivity contribution is 0.0994. The number of hydrogen-bond acceptors (Lipinski definition) is 6. The molecule has 32 heavy (non-hydrogen) atoms. The summed E-state index contributed by atoms with van der Waals surface area (Å²) in [6.07, 6.45) is 1.65. The SMILES string of the molecule is Cc1nn(-c2ccccc2Cl)c2sc(C(=O)Nc3nc(-c4c[nH]c(C(N)=O)c4)cs3)cc12. The number of anilines is 1. The number of nitrogens with two attached hydrogens (primary N) is 1. The fraction of sp³-hybridized carbons (Fsp3) is 0.0476. The Morgan fingerprint density at radius 3 is 2.81 bits per heavy atom. The van der Waals surface area contributed by atoms with Gasteiger partial charge in [0, 0.05) is 22.5 Å². The maximum Gasteiger partial charge on any atom is 0.267 e. The van der Waals surface area contributed by atoms with Crippen LogP contribution in [0.25, 0.3) is 27.2 Å². The Kier molecular flexibility index (Phi) is 5.04. The van der Waals surface area contributed by atoms with Gasteiger partial charge >= 0.3 is 0 Å². The number of hydrogen-bond donors (Lipinski definition) is 3. The molecule has 0 aliphatic rings. The molecule has 0 atom stereocenters. The first kappa shape index (κ1) is 20.4. The first-order chi connectivity index (χ1) is 15.4. The van der Waals surface area contributed by atoms with E-state index in [1.807, 2.05) is 31.2 Å². The largest absolute Gasteiger partial charge is 0.364 e. The number of fused-ring (bicyclic) bond motifs is 1. The summed E-state index contributed by atoms with van der Waals surface area (Å²) in [5, 5.41) is 11.1. The summed E-state index contributed by atoms with van der Waals surface area (Å²) in [7, 11) is 0. The van der Waals surface area contributed by atoms with Crippen LogP contribution in [-0.2, 0) is 0 Å². The third kappa shape index (κ3) is 3.58. The van der Waals surface area contributed by atoms with E-state index in [1.54, 1.807) is 28.4 Å². The summed E-state index contributed by atoms with van der Waals surface area (Å²) in [5.41, 5.74) is 8.49. The third-order valence-electron chi connectivity index (χ3n) is 4.82. The van der Waals surface area contributed by atoms with Crippen LogP contribution in [0.15, 0.2) is 48.0 Å². The number of aromatic nitrogens is 4. The summed E-state index contributed by atoms with van der Waals surface area (Å²) in [6, 6.07) is 10.9. The highest BCUT2D eigenvalue weighted by atomic mass is 35.5. The molecular formula is C21H15ClN6O2S2. The Balaban J connectivity index is 1.41. The van der Waals surface area contributed by atoms with E-state index in [2.05, 4.69) is 20.4 Å². The van der Waals surface area contributed by atoms with Crippen molar-refractivity contribution in [3.63, 3.8) is 0 Å². The molecule has 5 aromatic rings. The number of carbonyl (C=O) groups is 2. The summed E-state index contributed by atoms with van der Waals surface area (Å²) in [6.45, 7) is 1.90. The summed E-state index contributed by atoms with van der Waals surface area (Å²) in [4.78, 5) is 32.8. The summed E-state index contributed by atoms with van der Waals surface area (Å²) in [5.74, 6) is -0.806. The maximum atomic E-state index is 12.9. The van der Waals surface area contributed by atoms with Gasteiger partial charge in [0.25, 0.3) is 11.8 Å². The zero-order chi connectivity index (χ0) is 22.4. The van der Waals surface area contributed by atoms with Gasteiger partial charge in [-0.1, -0.05) is 23.7 Å². The molecular weight excluding hydrogens is 468 g/mol. The molecule has 0 aliphatic heterocycles. The van der Waals surface area contributed by atoms with Crippen molar-refractivity contribution in [2.45, 2.75) is 6.92 Å². The van der Waals surface area contributed by atoms with Gasteiger partial charge in [0.15, 0.2) is 5.13 Å². The molecule has 160 valence electrons. The number of rotatable bonds is 5.